The summed E-state index contributed by atoms with van der Waals surface area (Å²) in [4.78, 5) is 4.23. The first-order chi connectivity index (χ1) is 11.4. The van der Waals surface area contributed by atoms with E-state index in [0.29, 0.717) is 19.8 Å². The third kappa shape index (κ3) is 13.0. The number of nitrogens with one attached hydrogen (secondary N) is 2. The molecule has 0 heterocycles. The fourth-order valence-corrected chi connectivity index (χ4v) is 2.50. The maximum absolute atomic E-state index is 5.53. The van der Waals surface area contributed by atoms with Crippen molar-refractivity contribution in [1.82, 2.24) is 10.6 Å². The maximum Gasteiger partial charge on any atom is 0.191 e. The van der Waals surface area contributed by atoms with Gasteiger partial charge in [-0.15, -0.1) is 24.0 Å². The van der Waals surface area contributed by atoms with Gasteiger partial charge in [0.15, 0.2) is 5.96 Å². The van der Waals surface area contributed by atoms with E-state index >= 15 is 0 Å². The number of halogens is 1. The molecule has 24 heavy (non-hydrogen) atoms. The summed E-state index contributed by atoms with van der Waals surface area (Å²) in [5, 5.41) is 6.63. The predicted octanol–water partition coefficient (Wildman–Crippen LogP) is 3.49. The lowest BCUT2D eigenvalue weighted by Gasteiger charge is -2.15. The molecule has 142 valence electrons. The van der Waals surface area contributed by atoms with E-state index in [4.69, 9.17) is 9.47 Å². The lowest BCUT2D eigenvalue weighted by atomic mass is 9.97. The highest BCUT2D eigenvalue weighted by atomic mass is 127. The second kappa shape index (κ2) is 17.5. The van der Waals surface area contributed by atoms with Gasteiger partial charge in [-0.3, -0.25) is 4.99 Å². The SMILES string of the molecule is CCCCOCCOCCNC(=NC)NCCC1=CCCCC1.I. The highest BCUT2D eigenvalue weighted by Crippen LogP contribution is 2.19. The van der Waals surface area contributed by atoms with Crippen molar-refractivity contribution >= 4 is 29.9 Å². The Balaban J connectivity index is 0.00000529. The number of unbranched alkanes of at least 4 members (excludes halogenated alkanes) is 1. The van der Waals surface area contributed by atoms with Crippen LogP contribution in [-0.2, 0) is 9.47 Å². The third-order valence-corrected chi connectivity index (χ3v) is 3.90. The number of hydrogen-bond donors (Lipinski definition) is 2. The average Bonchev–Trinajstić information content (AvgIpc) is 2.59. The van der Waals surface area contributed by atoms with Gasteiger partial charge in [-0.05, 0) is 38.5 Å². The summed E-state index contributed by atoms with van der Waals surface area (Å²) in [6, 6.07) is 0. The summed E-state index contributed by atoms with van der Waals surface area (Å²) in [5.41, 5.74) is 1.59. The van der Waals surface area contributed by atoms with Crippen molar-refractivity contribution in [3.63, 3.8) is 0 Å². The molecule has 0 bridgehead atoms. The monoisotopic (exact) mass is 453 g/mol. The highest BCUT2D eigenvalue weighted by Gasteiger charge is 2.03. The third-order valence-electron chi connectivity index (χ3n) is 3.90. The Hall–Kier alpha value is -0.340. The Kier molecular flexibility index (Phi) is 17.2. The van der Waals surface area contributed by atoms with Gasteiger partial charge >= 0.3 is 0 Å². The number of ether oxygens (including phenoxy) is 2. The summed E-state index contributed by atoms with van der Waals surface area (Å²) in [6.07, 6.45) is 11.0. The zero-order chi connectivity index (χ0) is 16.6. The number of hydrogen-bond acceptors (Lipinski definition) is 3. The molecule has 0 fully saturated rings. The predicted molar refractivity (Wildman–Crippen MR) is 112 cm³/mol. The van der Waals surface area contributed by atoms with Crippen LogP contribution in [0.25, 0.3) is 0 Å². The Labute approximate surface area is 165 Å². The first kappa shape index (κ1) is 23.7. The van der Waals surface area contributed by atoms with E-state index < -0.39 is 0 Å². The van der Waals surface area contributed by atoms with Gasteiger partial charge in [0, 0.05) is 26.7 Å². The van der Waals surface area contributed by atoms with Crippen LogP contribution in [0.2, 0.25) is 0 Å². The topological polar surface area (TPSA) is 54.9 Å². The molecule has 5 nitrogen and oxygen atoms in total. The number of allylic oxidation sites excluding steroid dienone is 1. The zero-order valence-electron chi connectivity index (χ0n) is 15.4. The number of guanidine groups is 1. The number of nitrogens with zero attached hydrogens (tertiary/aromatic N) is 1. The minimum atomic E-state index is 0. The summed E-state index contributed by atoms with van der Waals surface area (Å²) in [7, 11) is 1.80. The van der Waals surface area contributed by atoms with E-state index in [1.165, 1.54) is 32.1 Å². The highest BCUT2D eigenvalue weighted by molar-refractivity contribution is 14.0. The van der Waals surface area contributed by atoms with Gasteiger partial charge in [-0.1, -0.05) is 25.0 Å². The van der Waals surface area contributed by atoms with Gasteiger partial charge in [-0.25, -0.2) is 0 Å². The minimum absolute atomic E-state index is 0. The molecule has 0 saturated heterocycles. The molecule has 0 aromatic carbocycles. The van der Waals surface area contributed by atoms with Crippen LogP contribution in [0.5, 0.6) is 0 Å². The van der Waals surface area contributed by atoms with Crippen LogP contribution in [0.4, 0.5) is 0 Å². The van der Waals surface area contributed by atoms with Gasteiger partial charge in [0.25, 0.3) is 0 Å². The quantitative estimate of drug-likeness (QED) is 0.156. The van der Waals surface area contributed by atoms with E-state index in [-0.39, 0.29) is 24.0 Å². The van der Waals surface area contributed by atoms with E-state index in [1.807, 2.05) is 0 Å². The first-order valence-corrected chi connectivity index (χ1v) is 9.14. The van der Waals surface area contributed by atoms with Crippen molar-refractivity contribution in [1.29, 1.82) is 0 Å². The minimum Gasteiger partial charge on any atom is -0.379 e. The Bertz CT molecular complexity index is 349. The molecular formula is C18H36IN3O2. The molecule has 1 rings (SSSR count). The summed E-state index contributed by atoms with van der Waals surface area (Å²) in [6.45, 7) is 6.72. The first-order valence-electron chi connectivity index (χ1n) is 9.14. The lowest BCUT2D eigenvalue weighted by Crippen LogP contribution is -2.39. The molecule has 0 aromatic rings. The van der Waals surface area contributed by atoms with Crippen molar-refractivity contribution in [2.45, 2.75) is 51.9 Å². The second-order valence-corrected chi connectivity index (χ2v) is 5.86. The average molecular weight is 453 g/mol. The molecule has 1 aliphatic carbocycles. The van der Waals surface area contributed by atoms with Crippen LogP contribution in [0.15, 0.2) is 16.6 Å². The molecule has 0 amide bonds. The van der Waals surface area contributed by atoms with Crippen LogP contribution in [0.3, 0.4) is 0 Å². The fourth-order valence-electron chi connectivity index (χ4n) is 2.50. The molecule has 0 spiro atoms. The molecule has 6 heteroatoms. The van der Waals surface area contributed by atoms with Crippen molar-refractivity contribution < 1.29 is 9.47 Å². The Morgan fingerprint density at radius 2 is 1.83 bits per heavy atom. The van der Waals surface area contributed by atoms with Crippen molar-refractivity contribution in [3.05, 3.63) is 11.6 Å². The number of aliphatic imine (C=N–C) groups is 1. The van der Waals surface area contributed by atoms with Gasteiger partial charge in [-0.2, -0.15) is 0 Å². The summed E-state index contributed by atoms with van der Waals surface area (Å²) < 4.78 is 11.0. The zero-order valence-corrected chi connectivity index (χ0v) is 17.8. The van der Waals surface area contributed by atoms with E-state index in [2.05, 4.69) is 28.6 Å². The largest absolute Gasteiger partial charge is 0.379 e. The lowest BCUT2D eigenvalue weighted by molar-refractivity contribution is 0.0487. The van der Waals surface area contributed by atoms with Crippen molar-refractivity contribution in [2.24, 2.45) is 4.99 Å². The molecule has 0 radical (unpaired) electrons. The van der Waals surface area contributed by atoms with Gasteiger partial charge in [0.05, 0.1) is 19.8 Å². The fraction of sp³-hybridized carbons (Fsp3) is 0.833. The Morgan fingerprint density at radius 3 is 2.50 bits per heavy atom. The number of rotatable bonds is 12. The standard InChI is InChI=1S/C18H35N3O2.HI/c1-3-4-13-22-15-16-23-14-12-21-18(19-2)20-11-10-17-8-6-5-7-9-17;/h8H,3-7,9-16H2,1-2H3,(H2,19,20,21);1H. The van der Waals surface area contributed by atoms with Crippen LogP contribution in [-0.4, -0.2) is 52.5 Å². The van der Waals surface area contributed by atoms with Crippen LogP contribution in [0, 0.1) is 0 Å². The molecule has 1 aliphatic rings. The normalized spacial score (nSPS) is 14.8. The molecule has 0 aliphatic heterocycles. The molecule has 0 unspecified atom stereocenters. The maximum atomic E-state index is 5.53. The van der Waals surface area contributed by atoms with Crippen LogP contribution < -0.4 is 10.6 Å². The molecule has 0 aromatic heterocycles. The van der Waals surface area contributed by atoms with Gasteiger partial charge < -0.3 is 20.1 Å². The van der Waals surface area contributed by atoms with Crippen molar-refractivity contribution in [3.8, 4) is 0 Å². The smallest absolute Gasteiger partial charge is 0.191 e. The van der Waals surface area contributed by atoms with Gasteiger partial charge in [0.1, 0.15) is 0 Å². The molecular weight excluding hydrogens is 417 g/mol. The second-order valence-electron chi connectivity index (χ2n) is 5.86. The van der Waals surface area contributed by atoms with Crippen LogP contribution in [0.1, 0.15) is 51.9 Å². The van der Waals surface area contributed by atoms with E-state index in [1.54, 1.807) is 12.6 Å². The summed E-state index contributed by atoms with van der Waals surface area (Å²) in [5.74, 6) is 0.851. The molecule has 2 N–H and O–H groups in total. The van der Waals surface area contributed by atoms with Gasteiger partial charge in [0.2, 0.25) is 0 Å². The van der Waals surface area contributed by atoms with Crippen LogP contribution >= 0.6 is 24.0 Å². The Morgan fingerprint density at radius 1 is 1.08 bits per heavy atom. The summed E-state index contributed by atoms with van der Waals surface area (Å²) >= 11 is 0. The van der Waals surface area contributed by atoms with E-state index in [0.717, 1.165) is 38.5 Å². The van der Waals surface area contributed by atoms with Crippen molar-refractivity contribution in [2.75, 3.05) is 46.6 Å². The van der Waals surface area contributed by atoms with E-state index in [9.17, 15) is 0 Å². The molecule has 0 saturated carbocycles. The molecule has 0 atom stereocenters.